The van der Waals surface area contributed by atoms with Gasteiger partial charge in [-0.2, -0.15) is 0 Å². The third-order valence-corrected chi connectivity index (χ3v) is 2.77. The molecule has 0 atom stereocenters. The lowest BCUT2D eigenvalue weighted by molar-refractivity contribution is 0.314. The first-order valence-electron chi connectivity index (χ1n) is 5.98. The van der Waals surface area contributed by atoms with E-state index in [0.717, 1.165) is 24.1 Å². The second kappa shape index (κ2) is 5.70. The standard InChI is InChI=1S/C13H19N3O/c14-5-1-7-17-11-2-3-13-12(8-11)10(4-6-15)9-16-13/h2-3,8-9,16H,1,4-7,14-15H2. The average molecular weight is 233 g/mol. The van der Waals surface area contributed by atoms with E-state index < -0.39 is 0 Å². The van der Waals surface area contributed by atoms with Gasteiger partial charge in [0.2, 0.25) is 0 Å². The van der Waals surface area contributed by atoms with Gasteiger partial charge in [-0.05, 0) is 49.7 Å². The summed E-state index contributed by atoms with van der Waals surface area (Å²) in [5, 5.41) is 1.20. The molecular formula is C13H19N3O. The number of nitrogens with two attached hydrogens (primary N) is 2. The Labute approximate surface area is 101 Å². The number of hydrogen-bond acceptors (Lipinski definition) is 3. The van der Waals surface area contributed by atoms with Crippen molar-refractivity contribution in [1.29, 1.82) is 0 Å². The molecule has 0 amide bonds. The Kier molecular flexibility index (Phi) is 4.01. The molecule has 1 heterocycles. The van der Waals surface area contributed by atoms with Gasteiger partial charge in [0.15, 0.2) is 0 Å². The smallest absolute Gasteiger partial charge is 0.120 e. The highest BCUT2D eigenvalue weighted by molar-refractivity contribution is 5.84. The summed E-state index contributed by atoms with van der Waals surface area (Å²) in [6.45, 7) is 1.98. The monoisotopic (exact) mass is 233 g/mol. The van der Waals surface area contributed by atoms with Crippen LogP contribution in [0.5, 0.6) is 5.75 Å². The molecule has 1 aromatic carbocycles. The lowest BCUT2D eigenvalue weighted by Gasteiger charge is -2.05. The fourth-order valence-electron chi connectivity index (χ4n) is 1.88. The van der Waals surface area contributed by atoms with Crippen LogP contribution in [0.25, 0.3) is 10.9 Å². The van der Waals surface area contributed by atoms with E-state index in [1.165, 1.54) is 10.9 Å². The van der Waals surface area contributed by atoms with E-state index in [1.807, 2.05) is 18.3 Å². The lowest BCUT2D eigenvalue weighted by atomic mass is 10.1. The molecule has 17 heavy (non-hydrogen) atoms. The maximum atomic E-state index is 5.63. The van der Waals surface area contributed by atoms with Gasteiger partial charge in [0, 0.05) is 17.1 Å². The predicted octanol–water partition coefficient (Wildman–Crippen LogP) is 1.40. The molecule has 0 unspecified atom stereocenters. The van der Waals surface area contributed by atoms with Crippen molar-refractivity contribution in [2.24, 2.45) is 11.5 Å². The zero-order valence-electron chi connectivity index (χ0n) is 9.91. The van der Waals surface area contributed by atoms with E-state index in [2.05, 4.69) is 11.1 Å². The van der Waals surface area contributed by atoms with Gasteiger partial charge in [0.1, 0.15) is 5.75 Å². The number of fused-ring (bicyclic) bond motifs is 1. The van der Waals surface area contributed by atoms with Crippen LogP contribution in [0.2, 0.25) is 0 Å². The molecule has 1 aromatic heterocycles. The minimum absolute atomic E-state index is 0.658. The molecule has 4 heteroatoms. The SMILES string of the molecule is NCCCOc1ccc2[nH]cc(CCN)c2c1. The van der Waals surface area contributed by atoms with E-state index in [-0.39, 0.29) is 0 Å². The summed E-state index contributed by atoms with van der Waals surface area (Å²) in [6.07, 6.45) is 3.77. The number of benzene rings is 1. The summed E-state index contributed by atoms with van der Waals surface area (Å²) in [5.41, 5.74) is 13.4. The highest BCUT2D eigenvalue weighted by Crippen LogP contribution is 2.24. The van der Waals surface area contributed by atoms with Crippen LogP contribution in [-0.4, -0.2) is 24.7 Å². The maximum Gasteiger partial charge on any atom is 0.120 e. The molecule has 5 N–H and O–H groups in total. The molecule has 0 aliphatic rings. The molecule has 2 rings (SSSR count). The fourth-order valence-corrected chi connectivity index (χ4v) is 1.88. The van der Waals surface area contributed by atoms with Crippen molar-refractivity contribution in [2.75, 3.05) is 19.7 Å². The first-order chi connectivity index (χ1) is 8.35. The molecule has 0 aliphatic carbocycles. The Balaban J connectivity index is 2.18. The first kappa shape index (κ1) is 12.0. The molecule has 0 saturated carbocycles. The van der Waals surface area contributed by atoms with Gasteiger partial charge in [-0.25, -0.2) is 0 Å². The van der Waals surface area contributed by atoms with Gasteiger partial charge in [0.05, 0.1) is 6.61 Å². The van der Waals surface area contributed by atoms with Crippen molar-refractivity contribution in [3.63, 3.8) is 0 Å². The molecule has 0 saturated heterocycles. The summed E-state index contributed by atoms with van der Waals surface area (Å²) in [6, 6.07) is 6.07. The molecule has 2 aromatic rings. The Hall–Kier alpha value is -1.52. The number of hydrogen-bond donors (Lipinski definition) is 3. The van der Waals surface area contributed by atoms with Crippen LogP contribution in [0, 0.1) is 0 Å². The van der Waals surface area contributed by atoms with Gasteiger partial charge < -0.3 is 21.2 Å². The van der Waals surface area contributed by atoms with Crippen LogP contribution in [0.1, 0.15) is 12.0 Å². The van der Waals surface area contributed by atoms with Crippen molar-refractivity contribution in [1.82, 2.24) is 4.98 Å². The maximum absolute atomic E-state index is 5.63. The molecular weight excluding hydrogens is 214 g/mol. The van der Waals surface area contributed by atoms with Crippen LogP contribution < -0.4 is 16.2 Å². The highest BCUT2D eigenvalue weighted by atomic mass is 16.5. The lowest BCUT2D eigenvalue weighted by Crippen LogP contribution is -2.06. The number of nitrogens with one attached hydrogen (secondary N) is 1. The molecule has 0 radical (unpaired) electrons. The number of rotatable bonds is 6. The molecule has 0 bridgehead atoms. The van der Waals surface area contributed by atoms with Crippen LogP contribution in [-0.2, 0) is 6.42 Å². The number of H-pyrrole nitrogens is 1. The molecule has 4 nitrogen and oxygen atoms in total. The molecule has 0 spiro atoms. The van der Waals surface area contributed by atoms with E-state index in [9.17, 15) is 0 Å². The molecule has 0 fully saturated rings. The largest absolute Gasteiger partial charge is 0.494 e. The summed E-state index contributed by atoms with van der Waals surface area (Å²) >= 11 is 0. The van der Waals surface area contributed by atoms with Gasteiger partial charge in [-0.1, -0.05) is 0 Å². The predicted molar refractivity (Wildman–Crippen MR) is 70.2 cm³/mol. The van der Waals surface area contributed by atoms with E-state index in [4.69, 9.17) is 16.2 Å². The Morgan fingerprint density at radius 3 is 2.82 bits per heavy atom. The summed E-state index contributed by atoms with van der Waals surface area (Å²) in [7, 11) is 0. The van der Waals surface area contributed by atoms with Crippen LogP contribution >= 0.6 is 0 Å². The quantitative estimate of drug-likeness (QED) is 0.660. The molecule has 0 aliphatic heterocycles. The topological polar surface area (TPSA) is 77.1 Å². The number of aromatic nitrogens is 1. The van der Waals surface area contributed by atoms with Crippen molar-refractivity contribution < 1.29 is 4.74 Å². The van der Waals surface area contributed by atoms with Crippen molar-refractivity contribution in [2.45, 2.75) is 12.8 Å². The summed E-state index contributed by atoms with van der Waals surface area (Å²) in [4.78, 5) is 3.24. The first-order valence-corrected chi connectivity index (χ1v) is 5.98. The van der Waals surface area contributed by atoms with E-state index >= 15 is 0 Å². The average Bonchev–Trinajstić information content (AvgIpc) is 2.73. The van der Waals surface area contributed by atoms with Crippen LogP contribution in [0.3, 0.4) is 0 Å². The third-order valence-electron chi connectivity index (χ3n) is 2.77. The van der Waals surface area contributed by atoms with Crippen molar-refractivity contribution in [3.8, 4) is 5.75 Å². The normalized spacial score (nSPS) is 10.9. The van der Waals surface area contributed by atoms with Crippen LogP contribution in [0.15, 0.2) is 24.4 Å². The zero-order valence-corrected chi connectivity index (χ0v) is 9.91. The van der Waals surface area contributed by atoms with Gasteiger partial charge in [-0.15, -0.1) is 0 Å². The van der Waals surface area contributed by atoms with Gasteiger partial charge in [-0.3, -0.25) is 0 Å². The second-order valence-corrected chi connectivity index (χ2v) is 4.05. The van der Waals surface area contributed by atoms with E-state index in [1.54, 1.807) is 0 Å². The minimum Gasteiger partial charge on any atom is -0.494 e. The van der Waals surface area contributed by atoms with Crippen molar-refractivity contribution >= 4 is 10.9 Å². The van der Waals surface area contributed by atoms with Gasteiger partial charge in [0.25, 0.3) is 0 Å². The Morgan fingerprint density at radius 1 is 1.18 bits per heavy atom. The Bertz CT molecular complexity index is 478. The summed E-state index contributed by atoms with van der Waals surface area (Å²) < 4.78 is 5.63. The second-order valence-electron chi connectivity index (χ2n) is 4.05. The summed E-state index contributed by atoms with van der Waals surface area (Å²) in [5.74, 6) is 0.892. The minimum atomic E-state index is 0.658. The highest BCUT2D eigenvalue weighted by Gasteiger charge is 2.04. The Morgan fingerprint density at radius 2 is 2.06 bits per heavy atom. The number of aromatic amines is 1. The third kappa shape index (κ3) is 2.78. The van der Waals surface area contributed by atoms with Gasteiger partial charge >= 0.3 is 0 Å². The van der Waals surface area contributed by atoms with E-state index in [0.29, 0.717) is 19.7 Å². The zero-order chi connectivity index (χ0) is 12.1. The number of ether oxygens (including phenoxy) is 1. The van der Waals surface area contributed by atoms with Crippen molar-refractivity contribution in [3.05, 3.63) is 30.0 Å². The van der Waals surface area contributed by atoms with Crippen LogP contribution in [0.4, 0.5) is 0 Å². The fraction of sp³-hybridized carbons (Fsp3) is 0.385. The molecule has 92 valence electrons.